The molecule has 3 aromatic rings. The summed E-state index contributed by atoms with van der Waals surface area (Å²) in [5.74, 6) is -1.08. The first-order valence-corrected chi connectivity index (χ1v) is 7.29. The summed E-state index contributed by atoms with van der Waals surface area (Å²) in [5, 5.41) is 12.0. The molecule has 0 saturated heterocycles. The number of hydrogen-bond donors (Lipinski definition) is 1. The number of hydrogen-bond acceptors (Lipinski definition) is 3. The van der Waals surface area contributed by atoms with Gasteiger partial charge < -0.3 is 5.11 Å². The van der Waals surface area contributed by atoms with Gasteiger partial charge in [0.1, 0.15) is 0 Å². The van der Waals surface area contributed by atoms with Crippen LogP contribution < -0.4 is 4.37 Å². The van der Waals surface area contributed by atoms with Crippen molar-refractivity contribution in [3.63, 3.8) is 0 Å². The number of rotatable bonds is 2. The third-order valence-electron chi connectivity index (χ3n) is 3.42. The van der Waals surface area contributed by atoms with Crippen LogP contribution >= 0.6 is 0 Å². The first-order chi connectivity index (χ1) is 11.4. The quantitative estimate of drug-likeness (QED) is 0.735. The van der Waals surface area contributed by atoms with Crippen LogP contribution in [0.15, 0.2) is 48.8 Å². The Morgan fingerprint density at radius 2 is 1.67 bits per heavy atom. The SMILES string of the molecule is CC(=O)O.[Li][c]1c(-c2ccncc2)c(-c2ccc(F)cc2)nn1C. The van der Waals surface area contributed by atoms with Gasteiger partial charge in [-0.3, -0.25) is 4.79 Å². The van der Waals surface area contributed by atoms with E-state index >= 15 is 0 Å². The van der Waals surface area contributed by atoms with E-state index in [1.165, 1.54) is 12.1 Å². The Morgan fingerprint density at radius 1 is 1.12 bits per heavy atom. The molecular formula is C17H15FLiN3O2. The maximum absolute atomic E-state index is 13.1. The van der Waals surface area contributed by atoms with Gasteiger partial charge in [0, 0.05) is 6.92 Å². The summed E-state index contributed by atoms with van der Waals surface area (Å²) in [7, 11) is 1.91. The molecule has 2 heterocycles. The monoisotopic (exact) mass is 319 g/mol. The molecule has 5 nitrogen and oxygen atoms in total. The average molecular weight is 319 g/mol. The van der Waals surface area contributed by atoms with Crippen LogP contribution in [0.25, 0.3) is 22.4 Å². The van der Waals surface area contributed by atoms with Crippen LogP contribution in [0.2, 0.25) is 0 Å². The number of benzene rings is 1. The molecule has 24 heavy (non-hydrogen) atoms. The van der Waals surface area contributed by atoms with Gasteiger partial charge in [-0.25, -0.2) is 0 Å². The number of aryl methyl sites for hydroxylation is 1. The van der Waals surface area contributed by atoms with E-state index in [0.717, 1.165) is 33.7 Å². The van der Waals surface area contributed by atoms with Crippen LogP contribution in [0.3, 0.4) is 0 Å². The van der Waals surface area contributed by atoms with E-state index in [1.54, 1.807) is 24.5 Å². The molecule has 0 fully saturated rings. The number of pyridine rings is 1. The second-order valence-corrected chi connectivity index (χ2v) is 5.19. The summed E-state index contributed by atoms with van der Waals surface area (Å²) < 4.78 is 16.0. The van der Waals surface area contributed by atoms with Gasteiger partial charge in [-0.2, -0.15) is 0 Å². The van der Waals surface area contributed by atoms with Crippen molar-refractivity contribution in [2.75, 3.05) is 0 Å². The molecular weight excluding hydrogens is 304 g/mol. The van der Waals surface area contributed by atoms with Gasteiger partial charge >= 0.3 is 125 Å². The van der Waals surface area contributed by atoms with E-state index in [4.69, 9.17) is 9.90 Å². The van der Waals surface area contributed by atoms with Crippen molar-refractivity contribution in [2.45, 2.75) is 6.92 Å². The molecule has 0 unspecified atom stereocenters. The van der Waals surface area contributed by atoms with Crippen LogP contribution in [0.4, 0.5) is 4.39 Å². The topological polar surface area (TPSA) is 68.0 Å². The number of carbonyl (C=O) groups is 1. The fourth-order valence-electron chi connectivity index (χ4n) is 2.28. The van der Waals surface area contributed by atoms with Gasteiger partial charge in [0.15, 0.2) is 0 Å². The van der Waals surface area contributed by atoms with Crippen molar-refractivity contribution in [2.24, 2.45) is 7.05 Å². The van der Waals surface area contributed by atoms with Crippen LogP contribution in [0, 0.1) is 5.82 Å². The molecule has 0 bridgehead atoms. The van der Waals surface area contributed by atoms with Crippen molar-refractivity contribution in [1.82, 2.24) is 14.8 Å². The van der Waals surface area contributed by atoms with E-state index in [1.807, 2.05) is 41.6 Å². The average Bonchev–Trinajstić information content (AvgIpc) is 2.84. The van der Waals surface area contributed by atoms with Gasteiger partial charge in [0.2, 0.25) is 0 Å². The fraction of sp³-hybridized carbons (Fsp3) is 0.118. The van der Waals surface area contributed by atoms with Crippen LogP contribution in [-0.2, 0) is 11.8 Å². The van der Waals surface area contributed by atoms with Crippen molar-refractivity contribution in [1.29, 1.82) is 0 Å². The molecule has 0 saturated carbocycles. The second-order valence-electron chi connectivity index (χ2n) is 5.19. The maximum atomic E-state index is 13.1. The summed E-state index contributed by atoms with van der Waals surface area (Å²) in [6, 6.07) is 10.3. The van der Waals surface area contributed by atoms with Gasteiger partial charge in [-0.05, 0) is 0 Å². The Balaban J connectivity index is 0.000000471. The van der Waals surface area contributed by atoms with Crippen LogP contribution in [0.1, 0.15) is 6.92 Å². The number of carboxylic acids is 1. The number of halogens is 1. The molecule has 7 heteroatoms. The molecule has 3 rings (SSSR count). The van der Waals surface area contributed by atoms with Crippen molar-refractivity contribution in [3.8, 4) is 22.4 Å². The molecule has 0 aliphatic heterocycles. The van der Waals surface area contributed by atoms with E-state index < -0.39 is 5.97 Å². The van der Waals surface area contributed by atoms with Crippen LogP contribution in [0.5, 0.6) is 0 Å². The molecule has 0 aliphatic carbocycles. The zero-order valence-corrected chi connectivity index (χ0v) is 13.7. The zero-order chi connectivity index (χ0) is 17.7. The minimum atomic E-state index is -0.833. The van der Waals surface area contributed by atoms with E-state index in [0.29, 0.717) is 0 Å². The second kappa shape index (κ2) is 7.91. The molecule has 0 atom stereocenters. The Labute approximate surface area is 148 Å². The molecule has 1 aromatic carbocycles. The fourth-order valence-corrected chi connectivity index (χ4v) is 2.28. The van der Waals surface area contributed by atoms with Gasteiger partial charge in [-0.1, -0.05) is 0 Å². The van der Waals surface area contributed by atoms with E-state index in [2.05, 4.69) is 10.1 Å². The number of nitrogens with zero attached hydrogens (tertiary/aromatic N) is 3. The van der Waals surface area contributed by atoms with Crippen molar-refractivity contribution in [3.05, 3.63) is 54.6 Å². The molecule has 0 amide bonds. The number of aromatic nitrogens is 3. The summed E-state index contributed by atoms with van der Waals surface area (Å²) >= 11 is 2.02. The third-order valence-corrected chi connectivity index (χ3v) is 3.42. The Morgan fingerprint density at radius 3 is 2.21 bits per heavy atom. The molecule has 118 valence electrons. The van der Waals surface area contributed by atoms with Crippen LogP contribution in [-0.4, -0.2) is 43.6 Å². The Bertz CT molecular complexity index is 829. The molecule has 0 spiro atoms. The normalized spacial score (nSPS) is 10.0. The summed E-state index contributed by atoms with van der Waals surface area (Å²) in [6.45, 7) is 1.08. The van der Waals surface area contributed by atoms with E-state index in [9.17, 15) is 4.39 Å². The first kappa shape index (κ1) is 17.9. The Hall–Kier alpha value is -2.42. The molecule has 0 radical (unpaired) electrons. The van der Waals surface area contributed by atoms with Crippen molar-refractivity contribution >= 4 is 28.1 Å². The predicted molar refractivity (Wildman–Crippen MR) is 90.5 cm³/mol. The standard InChI is InChI=1S/C15H11FN3.C2H4O2.Li/c1-19-10-14(11-6-8-17-9-7-11)15(18-19)12-2-4-13(16)5-3-12;1-2(3)4;/h2-9H,1H3;1H3,(H,3,4);. The molecule has 1 N–H and O–H groups in total. The molecule has 2 aromatic heterocycles. The summed E-state index contributed by atoms with van der Waals surface area (Å²) in [6.07, 6.45) is 3.52. The van der Waals surface area contributed by atoms with E-state index in [-0.39, 0.29) is 5.82 Å². The number of aliphatic carboxylic acids is 1. The number of carboxylic acid groups (broad SMARTS) is 1. The minimum absolute atomic E-state index is 0.244. The predicted octanol–water partition coefficient (Wildman–Crippen LogP) is 2.17. The van der Waals surface area contributed by atoms with Gasteiger partial charge in [-0.15, -0.1) is 0 Å². The van der Waals surface area contributed by atoms with Crippen molar-refractivity contribution < 1.29 is 14.3 Å². The summed E-state index contributed by atoms with van der Waals surface area (Å²) in [5.41, 5.74) is 3.88. The summed E-state index contributed by atoms with van der Waals surface area (Å²) in [4.78, 5) is 13.0. The van der Waals surface area contributed by atoms with Gasteiger partial charge in [0.05, 0.1) is 0 Å². The first-order valence-electron chi connectivity index (χ1n) is 7.29. The zero-order valence-electron chi connectivity index (χ0n) is 13.7. The molecule has 0 aliphatic rings. The Kier molecular flexibility index (Phi) is 5.91. The third kappa shape index (κ3) is 4.31. The van der Waals surface area contributed by atoms with Gasteiger partial charge in [0.25, 0.3) is 5.97 Å².